The van der Waals surface area contributed by atoms with Crippen LogP contribution in [0.25, 0.3) is 22.3 Å². The quantitative estimate of drug-likeness (QED) is 0.157. The Labute approximate surface area is 278 Å². The van der Waals surface area contributed by atoms with Gasteiger partial charge in [-0.25, -0.2) is 0 Å². The van der Waals surface area contributed by atoms with Crippen LogP contribution >= 0.6 is 11.6 Å². The summed E-state index contributed by atoms with van der Waals surface area (Å²) in [5.41, 5.74) is 10.3. The molecule has 5 aromatic rings. The third-order valence-corrected chi connectivity index (χ3v) is 8.79. The van der Waals surface area contributed by atoms with Crippen LogP contribution in [-0.2, 0) is 16.6 Å². The first kappa shape index (κ1) is 32.9. The molecule has 0 aliphatic carbocycles. The molecule has 0 saturated heterocycles. The number of hydrogen-bond donors (Lipinski definition) is 1. The van der Waals surface area contributed by atoms with Crippen molar-refractivity contribution in [2.24, 2.45) is 0 Å². The summed E-state index contributed by atoms with van der Waals surface area (Å²) in [4.78, 5) is 26.3. The lowest BCUT2D eigenvalue weighted by Gasteiger charge is -2.20. The van der Waals surface area contributed by atoms with Crippen LogP contribution < -0.4 is 5.32 Å². The number of anilines is 1. The predicted molar refractivity (Wildman–Crippen MR) is 193 cm³/mol. The number of nitrogens with one attached hydrogen (secondary N) is 1. The number of halogens is 1. The standard InChI is InChI=1S/C42H42ClNO2/c1-6-7-40(45)34-10-8-29(9-11-34)27-39(33-14-12-30(13-15-33)31-16-20-35(21-17-31)42(3,4)5)41(46)44-37-23-18-32(19-24-37)38-25-22-36(43)26-28(38)2/h8-26,39H,6-7,27H2,1-5H3,(H,44,46)/t39-/m1/s1. The van der Waals surface area contributed by atoms with Crippen molar-refractivity contribution in [3.8, 4) is 22.3 Å². The number of benzene rings is 5. The Morgan fingerprint density at radius 1 is 0.739 bits per heavy atom. The zero-order chi connectivity index (χ0) is 32.8. The molecule has 0 aromatic heterocycles. The minimum Gasteiger partial charge on any atom is -0.326 e. The molecule has 1 amide bonds. The minimum atomic E-state index is -0.423. The molecule has 0 aliphatic heterocycles. The smallest absolute Gasteiger partial charge is 0.232 e. The van der Waals surface area contributed by atoms with Crippen molar-refractivity contribution in [1.29, 1.82) is 0 Å². The van der Waals surface area contributed by atoms with Gasteiger partial charge in [-0.15, -0.1) is 0 Å². The Kier molecular flexibility index (Phi) is 10.2. The lowest BCUT2D eigenvalue weighted by Crippen LogP contribution is -2.23. The molecule has 0 spiro atoms. The van der Waals surface area contributed by atoms with Crippen molar-refractivity contribution in [2.75, 3.05) is 5.32 Å². The lowest BCUT2D eigenvalue weighted by molar-refractivity contribution is -0.117. The summed E-state index contributed by atoms with van der Waals surface area (Å²) in [6.45, 7) is 10.7. The van der Waals surface area contributed by atoms with Gasteiger partial charge >= 0.3 is 0 Å². The van der Waals surface area contributed by atoms with Gasteiger partial charge in [-0.2, -0.15) is 0 Å². The SMILES string of the molecule is CCCC(=O)c1ccc(C[C@@H](C(=O)Nc2ccc(-c3ccc(Cl)cc3C)cc2)c2ccc(-c3ccc(C(C)(C)C)cc3)cc2)cc1. The zero-order valence-corrected chi connectivity index (χ0v) is 28.1. The zero-order valence-electron chi connectivity index (χ0n) is 27.4. The normalized spacial score (nSPS) is 12.0. The fourth-order valence-electron chi connectivity index (χ4n) is 5.78. The fraction of sp³-hybridized carbons (Fsp3) is 0.238. The fourth-order valence-corrected chi connectivity index (χ4v) is 6.01. The highest BCUT2D eigenvalue weighted by Gasteiger charge is 2.22. The van der Waals surface area contributed by atoms with E-state index in [1.165, 1.54) is 5.56 Å². The predicted octanol–water partition coefficient (Wildman–Crippen LogP) is 11.2. The van der Waals surface area contributed by atoms with Gasteiger partial charge in [0.15, 0.2) is 5.78 Å². The van der Waals surface area contributed by atoms with E-state index >= 15 is 0 Å². The van der Waals surface area contributed by atoms with Crippen molar-refractivity contribution >= 4 is 29.0 Å². The average molecular weight is 628 g/mol. The minimum absolute atomic E-state index is 0.0798. The van der Waals surface area contributed by atoms with E-state index in [0.29, 0.717) is 23.4 Å². The average Bonchev–Trinajstić information content (AvgIpc) is 3.04. The van der Waals surface area contributed by atoms with Crippen LogP contribution in [-0.4, -0.2) is 11.7 Å². The third-order valence-electron chi connectivity index (χ3n) is 8.56. The lowest BCUT2D eigenvalue weighted by atomic mass is 9.86. The summed E-state index contributed by atoms with van der Waals surface area (Å²) in [6, 6.07) is 38.5. The molecular formula is C42H42ClNO2. The van der Waals surface area contributed by atoms with Gasteiger partial charge in [0.1, 0.15) is 0 Å². The molecule has 5 rings (SSSR count). The van der Waals surface area contributed by atoms with Crippen LogP contribution in [0.5, 0.6) is 0 Å². The molecule has 0 saturated carbocycles. The van der Waals surface area contributed by atoms with Gasteiger partial charge in [0.05, 0.1) is 5.92 Å². The summed E-state index contributed by atoms with van der Waals surface area (Å²) >= 11 is 6.16. The van der Waals surface area contributed by atoms with Gasteiger partial charge in [-0.1, -0.05) is 130 Å². The highest BCUT2D eigenvalue weighted by atomic mass is 35.5. The third kappa shape index (κ3) is 8.02. The second-order valence-electron chi connectivity index (χ2n) is 13.1. The molecule has 0 aliphatic rings. The van der Waals surface area contributed by atoms with E-state index in [-0.39, 0.29) is 17.1 Å². The van der Waals surface area contributed by atoms with Crippen molar-refractivity contribution in [3.05, 3.63) is 148 Å². The van der Waals surface area contributed by atoms with Crippen LogP contribution in [0.2, 0.25) is 5.02 Å². The first-order valence-electron chi connectivity index (χ1n) is 16.0. The summed E-state index contributed by atoms with van der Waals surface area (Å²) in [6.07, 6.45) is 1.86. The molecule has 46 heavy (non-hydrogen) atoms. The second kappa shape index (κ2) is 14.3. The van der Waals surface area contributed by atoms with Gasteiger partial charge in [0.2, 0.25) is 5.91 Å². The van der Waals surface area contributed by atoms with Crippen LogP contribution in [0.15, 0.2) is 115 Å². The molecule has 0 heterocycles. The highest BCUT2D eigenvalue weighted by Crippen LogP contribution is 2.31. The number of Topliss-reactive ketones (excluding diaryl/α,β-unsaturated/α-hetero) is 1. The number of carbonyl (C=O) groups excluding carboxylic acids is 2. The van der Waals surface area contributed by atoms with Gasteiger partial charge in [-0.05, 0) is 94.0 Å². The Balaban J connectivity index is 1.39. The summed E-state index contributed by atoms with van der Waals surface area (Å²) in [5, 5.41) is 3.87. The number of carbonyl (C=O) groups is 2. The Morgan fingerprint density at radius 2 is 1.33 bits per heavy atom. The Morgan fingerprint density at radius 3 is 1.89 bits per heavy atom. The number of ketones is 1. The molecule has 4 heteroatoms. The summed E-state index contributed by atoms with van der Waals surface area (Å²) in [7, 11) is 0. The van der Waals surface area contributed by atoms with Crippen molar-refractivity contribution in [3.63, 3.8) is 0 Å². The van der Waals surface area contributed by atoms with Crippen LogP contribution in [0.3, 0.4) is 0 Å². The van der Waals surface area contributed by atoms with E-state index in [4.69, 9.17) is 11.6 Å². The molecule has 0 unspecified atom stereocenters. The number of amides is 1. The molecule has 234 valence electrons. The topological polar surface area (TPSA) is 46.2 Å². The maximum absolute atomic E-state index is 13.9. The Bertz CT molecular complexity index is 1800. The number of hydrogen-bond acceptors (Lipinski definition) is 2. The van der Waals surface area contributed by atoms with Crippen LogP contribution in [0.1, 0.15) is 79.1 Å². The summed E-state index contributed by atoms with van der Waals surface area (Å²) in [5.74, 6) is -0.358. The molecule has 0 fully saturated rings. The largest absolute Gasteiger partial charge is 0.326 e. The van der Waals surface area contributed by atoms with Gasteiger partial charge in [0.25, 0.3) is 0 Å². The van der Waals surface area contributed by atoms with Crippen molar-refractivity contribution in [1.82, 2.24) is 0 Å². The highest BCUT2D eigenvalue weighted by molar-refractivity contribution is 6.30. The number of rotatable bonds is 10. The van der Waals surface area contributed by atoms with Crippen LogP contribution in [0.4, 0.5) is 5.69 Å². The molecule has 5 aromatic carbocycles. The van der Waals surface area contributed by atoms with E-state index in [9.17, 15) is 9.59 Å². The Hall–Kier alpha value is -4.47. The van der Waals surface area contributed by atoms with E-state index in [1.54, 1.807) is 0 Å². The first-order valence-corrected chi connectivity index (χ1v) is 16.4. The molecule has 1 atom stereocenters. The van der Waals surface area contributed by atoms with Crippen molar-refractivity contribution < 1.29 is 9.59 Å². The van der Waals surface area contributed by atoms with E-state index in [0.717, 1.165) is 51.1 Å². The molecule has 0 radical (unpaired) electrons. The number of aryl methyl sites for hydroxylation is 1. The van der Waals surface area contributed by atoms with Gasteiger partial charge < -0.3 is 5.32 Å². The second-order valence-corrected chi connectivity index (χ2v) is 13.5. The first-order chi connectivity index (χ1) is 22.0. The van der Waals surface area contributed by atoms with Gasteiger partial charge in [-0.3, -0.25) is 9.59 Å². The monoisotopic (exact) mass is 627 g/mol. The molecular weight excluding hydrogens is 586 g/mol. The molecule has 1 N–H and O–H groups in total. The van der Waals surface area contributed by atoms with E-state index < -0.39 is 5.92 Å². The van der Waals surface area contributed by atoms with E-state index in [2.05, 4.69) is 74.6 Å². The van der Waals surface area contributed by atoms with Crippen LogP contribution in [0, 0.1) is 6.92 Å². The van der Waals surface area contributed by atoms with Crippen molar-refractivity contribution in [2.45, 2.75) is 65.2 Å². The maximum atomic E-state index is 13.9. The van der Waals surface area contributed by atoms with Gasteiger partial charge in [0, 0.05) is 22.7 Å². The summed E-state index contributed by atoms with van der Waals surface area (Å²) < 4.78 is 0. The maximum Gasteiger partial charge on any atom is 0.232 e. The molecule has 0 bridgehead atoms. The molecule has 3 nitrogen and oxygen atoms in total. The van der Waals surface area contributed by atoms with E-state index in [1.807, 2.05) is 80.6 Å².